The molecular weight excluding hydrogens is 358 g/mol. The molecule has 1 fully saturated rings. The van der Waals surface area contributed by atoms with E-state index >= 15 is 0 Å². The van der Waals surface area contributed by atoms with Gasteiger partial charge in [-0.2, -0.15) is 0 Å². The summed E-state index contributed by atoms with van der Waals surface area (Å²) in [6.07, 6.45) is 2.09. The van der Waals surface area contributed by atoms with Crippen molar-refractivity contribution in [3.63, 3.8) is 0 Å². The lowest BCUT2D eigenvalue weighted by Crippen LogP contribution is -2.33. The van der Waals surface area contributed by atoms with Gasteiger partial charge in [0.05, 0.1) is 21.8 Å². The number of hydrogen-bond donors (Lipinski definition) is 1. The van der Waals surface area contributed by atoms with Gasteiger partial charge in [-0.15, -0.1) is 0 Å². The van der Waals surface area contributed by atoms with E-state index < -0.39 is 0 Å². The van der Waals surface area contributed by atoms with E-state index in [0.29, 0.717) is 22.1 Å². The van der Waals surface area contributed by atoms with Crippen LogP contribution >= 0.6 is 11.8 Å². The van der Waals surface area contributed by atoms with Crippen molar-refractivity contribution in [3.8, 4) is 5.69 Å². The SMILES string of the molecule is Cc1ccccc1-n1c(S[C@H](C)C(=O)NC2CC2)nc2ccccc2c1=O. The maximum Gasteiger partial charge on any atom is 0.266 e. The van der Waals surface area contributed by atoms with Crippen LogP contribution in [0.4, 0.5) is 0 Å². The van der Waals surface area contributed by atoms with Crippen LogP contribution in [0.1, 0.15) is 25.3 Å². The minimum absolute atomic E-state index is 0.0127. The number of fused-ring (bicyclic) bond motifs is 1. The summed E-state index contributed by atoms with van der Waals surface area (Å²) in [5.41, 5.74) is 2.29. The van der Waals surface area contributed by atoms with Gasteiger partial charge in [0.25, 0.3) is 5.56 Å². The highest BCUT2D eigenvalue weighted by Gasteiger charge is 2.27. The van der Waals surface area contributed by atoms with Gasteiger partial charge in [-0.25, -0.2) is 4.98 Å². The van der Waals surface area contributed by atoms with E-state index in [4.69, 9.17) is 4.98 Å². The summed E-state index contributed by atoms with van der Waals surface area (Å²) in [4.78, 5) is 30.4. The van der Waals surface area contributed by atoms with Crippen molar-refractivity contribution in [2.75, 3.05) is 0 Å². The molecule has 27 heavy (non-hydrogen) atoms. The van der Waals surface area contributed by atoms with Crippen LogP contribution in [0.3, 0.4) is 0 Å². The average Bonchev–Trinajstić information content (AvgIpc) is 3.47. The minimum Gasteiger partial charge on any atom is -0.352 e. The zero-order chi connectivity index (χ0) is 19.0. The van der Waals surface area contributed by atoms with Crippen LogP contribution in [0.2, 0.25) is 0 Å². The molecule has 0 spiro atoms. The number of hydrogen-bond acceptors (Lipinski definition) is 4. The second kappa shape index (κ2) is 7.19. The van der Waals surface area contributed by atoms with Crippen molar-refractivity contribution < 1.29 is 4.79 Å². The van der Waals surface area contributed by atoms with Crippen molar-refractivity contribution in [1.82, 2.24) is 14.9 Å². The van der Waals surface area contributed by atoms with Crippen LogP contribution in [0, 0.1) is 6.92 Å². The van der Waals surface area contributed by atoms with Gasteiger partial charge in [0.1, 0.15) is 0 Å². The third-order valence-electron chi connectivity index (χ3n) is 4.68. The number of rotatable bonds is 5. The molecule has 0 aliphatic heterocycles. The third kappa shape index (κ3) is 3.62. The van der Waals surface area contributed by atoms with Gasteiger partial charge in [0.2, 0.25) is 5.91 Å². The Morgan fingerprint density at radius 3 is 2.63 bits per heavy atom. The lowest BCUT2D eigenvalue weighted by atomic mass is 10.2. The first-order chi connectivity index (χ1) is 13.0. The molecule has 4 rings (SSSR count). The summed E-state index contributed by atoms with van der Waals surface area (Å²) < 4.78 is 1.63. The van der Waals surface area contributed by atoms with E-state index in [1.54, 1.807) is 10.6 Å². The fourth-order valence-electron chi connectivity index (χ4n) is 2.98. The summed E-state index contributed by atoms with van der Waals surface area (Å²) in [7, 11) is 0. The van der Waals surface area contributed by atoms with E-state index in [1.807, 2.05) is 56.3 Å². The van der Waals surface area contributed by atoms with Crippen molar-refractivity contribution in [2.24, 2.45) is 0 Å². The third-order valence-corrected chi connectivity index (χ3v) is 5.73. The monoisotopic (exact) mass is 379 g/mol. The van der Waals surface area contributed by atoms with E-state index in [9.17, 15) is 9.59 Å². The lowest BCUT2D eigenvalue weighted by Gasteiger charge is -2.17. The Bertz CT molecular complexity index is 1070. The number of carbonyl (C=O) groups is 1. The summed E-state index contributed by atoms with van der Waals surface area (Å²) >= 11 is 1.32. The first-order valence-electron chi connectivity index (χ1n) is 9.09. The number of benzene rings is 2. The molecule has 1 atom stereocenters. The number of aryl methyl sites for hydroxylation is 1. The van der Waals surface area contributed by atoms with Crippen LogP contribution in [-0.4, -0.2) is 26.8 Å². The Kier molecular flexibility index (Phi) is 4.74. The molecule has 0 bridgehead atoms. The molecule has 1 aliphatic rings. The smallest absolute Gasteiger partial charge is 0.266 e. The Balaban J connectivity index is 1.82. The zero-order valence-corrected chi connectivity index (χ0v) is 16.1. The molecule has 1 N–H and O–H groups in total. The first kappa shape index (κ1) is 17.8. The molecule has 0 radical (unpaired) electrons. The fraction of sp³-hybridized carbons (Fsp3) is 0.286. The molecule has 6 heteroatoms. The molecule has 5 nitrogen and oxygen atoms in total. The number of para-hydroxylation sites is 2. The summed E-state index contributed by atoms with van der Waals surface area (Å²) in [5.74, 6) is -0.0127. The Morgan fingerprint density at radius 2 is 1.89 bits per heavy atom. The predicted octanol–water partition coefficient (Wildman–Crippen LogP) is 3.45. The van der Waals surface area contributed by atoms with Gasteiger partial charge in [0, 0.05) is 6.04 Å². The van der Waals surface area contributed by atoms with Gasteiger partial charge < -0.3 is 5.32 Å². The van der Waals surface area contributed by atoms with E-state index in [0.717, 1.165) is 24.1 Å². The zero-order valence-electron chi connectivity index (χ0n) is 15.3. The fourth-order valence-corrected chi connectivity index (χ4v) is 3.91. The van der Waals surface area contributed by atoms with Gasteiger partial charge in [0.15, 0.2) is 5.16 Å². The number of amides is 1. The molecule has 2 aromatic carbocycles. The molecule has 1 amide bonds. The molecular formula is C21H21N3O2S. The molecule has 1 aromatic heterocycles. The van der Waals surface area contributed by atoms with Crippen LogP contribution in [-0.2, 0) is 4.79 Å². The predicted molar refractivity (Wildman–Crippen MR) is 109 cm³/mol. The Labute approximate surface area is 161 Å². The molecule has 138 valence electrons. The largest absolute Gasteiger partial charge is 0.352 e. The lowest BCUT2D eigenvalue weighted by molar-refractivity contribution is -0.120. The topological polar surface area (TPSA) is 64.0 Å². The number of nitrogens with zero attached hydrogens (tertiary/aromatic N) is 2. The highest BCUT2D eigenvalue weighted by molar-refractivity contribution is 8.00. The highest BCUT2D eigenvalue weighted by Crippen LogP contribution is 2.27. The van der Waals surface area contributed by atoms with Gasteiger partial charge in [-0.1, -0.05) is 42.1 Å². The van der Waals surface area contributed by atoms with Crippen LogP contribution < -0.4 is 10.9 Å². The quantitative estimate of drug-likeness (QED) is 0.545. The summed E-state index contributed by atoms with van der Waals surface area (Å²) in [6.45, 7) is 3.82. The van der Waals surface area contributed by atoms with Crippen molar-refractivity contribution in [1.29, 1.82) is 0 Å². The summed E-state index contributed by atoms with van der Waals surface area (Å²) in [6, 6.07) is 15.4. The number of nitrogens with one attached hydrogen (secondary N) is 1. The maximum absolute atomic E-state index is 13.3. The molecule has 1 saturated carbocycles. The molecule has 1 aliphatic carbocycles. The van der Waals surface area contributed by atoms with Crippen molar-refractivity contribution in [3.05, 3.63) is 64.4 Å². The highest BCUT2D eigenvalue weighted by atomic mass is 32.2. The van der Waals surface area contributed by atoms with E-state index in [1.165, 1.54) is 11.8 Å². The number of aromatic nitrogens is 2. The minimum atomic E-state index is -0.339. The molecule has 3 aromatic rings. The number of carbonyl (C=O) groups excluding carboxylic acids is 1. The number of thioether (sulfide) groups is 1. The Hall–Kier alpha value is -2.60. The molecule has 0 saturated heterocycles. The Morgan fingerprint density at radius 1 is 1.19 bits per heavy atom. The standard InChI is InChI=1S/C21H21N3O2S/c1-13-7-3-6-10-18(13)24-20(26)16-8-4-5-9-17(16)23-21(24)27-14(2)19(25)22-15-11-12-15/h3-10,14-15H,11-12H2,1-2H3,(H,22,25)/t14-/m1/s1. The van der Waals surface area contributed by atoms with Crippen LogP contribution in [0.5, 0.6) is 0 Å². The maximum atomic E-state index is 13.3. The van der Waals surface area contributed by atoms with Crippen molar-refractivity contribution >= 4 is 28.6 Å². The van der Waals surface area contributed by atoms with Gasteiger partial charge >= 0.3 is 0 Å². The van der Waals surface area contributed by atoms with Crippen LogP contribution in [0.25, 0.3) is 16.6 Å². The average molecular weight is 379 g/mol. The second-order valence-electron chi connectivity index (χ2n) is 6.88. The normalized spacial score (nSPS) is 14.9. The van der Waals surface area contributed by atoms with E-state index in [2.05, 4.69) is 5.32 Å². The first-order valence-corrected chi connectivity index (χ1v) is 9.97. The van der Waals surface area contributed by atoms with Gasteiger partial charge in [-0.3, -0.25) is 14.2 Å². The van der Waals surface area contributed by atoms with Crippen molar-refractivity contribution in [2.45, 2.75) is 43.1 Å². The van der Waals surface area contributed by atoms with E-state index in [-0.39, 0.29) is 16.7 Å². The molecule has 0 unspecified atom stereocenters. The van der Waals surface area contributed by atoms with Gasteiger partial charge in [-0.05, 0) is 50.5 Å². The molecule has 1 heterocycles. The van der Waals surface area contributed by atoms with Crippen LogP contribution in [0.15, 0.2) is 58.5 Å². The summed E-state index contributed by atoms with van der Waals surface area (Å²) in [5, 5.41) is 3.79. The second-order valence-corrected chi connectivity index (χ2v) is 8.19.